The third-order valence-electron chi connectivity index (χ3n) is 14.6. The van der Waals surface area contributed by atoms with E-state index in [1.807, 2.05) is 13.0 Å². The van der Waals surface area contributed by atoms with Gasteiger partial charge in [-0.1, -0.05) is 79.6 Å². The third kappa shape index (κ3) is 15.1. The molecule has 446 valence electrons. The molecule has 2 aliphatic heterocycles. The van der Waals surface area contributed by atoms with Gasteiger partial charge in [-0.15, -0.1) is 0 Å². The quantitative estimate of drug-likeness (QED) is 0.00807. The predicted octanol–water partition coefficient (Wildman–Crippen LogP) is 7.21. The lowest BCUT2D eigenvalue weighted by molar-refractivity contribution is -0.173. The van der Waals surface area contributed by atoms with E-state index in [2.05, 4.69) is 26.0 Å². The van der Waals surface area contributed by atoms with E-state index < -0.39 is 59.2 Å². The zero-order chi connectivity index (χ0) is 60.5. The summed E-state index contributed by atoms with van der Waals surface area (Å²) < 4.78 is 35.0. The van der Waals surface area contributed by atoms with Gasteiger partial charge in [0.15, 0.2) is 0 Å². The molecule has 0 fully saturated rings. The van der Waals surface area contributed by atoms with Crippen LogP contribution >= 0.6 is 0 Å². The van der Waals surface area contributed by atoms with E-state index >= 15 is 0 Å². The molecule has 0 saturated heterocycles. The first kappa shape index (κ1) is 61.7. The highest BCUT2D eigenvalue weighted by molar-refractivity contribution is 5.99. The summed E-state index contributed by atoms with van der Waals surface area (Å²) in [5.74, 6) is -2.77. The van der Waals surface area contributed by atoms with E-state index in [4.69, 9.17) is 44.7 Å². The van der Waals surface area contributed by atoms with Gasteiger partial charge in [-0.25, -0.2) is 24.2 Å². The first-order valence-corrected chi connectivity index (χ1v) is 28.0. The Balaban J connectivity index is 0.872. The van der Waals surface area contributed by atoms with E-state index in [0.717, 1.165) is 22.1 Å². The molecule has 6 aromatic rings. The molecule has 4 amide bonds. The van der Waals surface area contributed by atoms with Crippen LogP contribution in [0, 0.1) is 0 Å². The number of anilines is 1. The standard InChI is InChI=1S/C61H68N10O14/c1-4-43-45-32-42(72)22-23-49(45)66-53-46(43)35-71-52(53)33-48-47(56(71)75)37-83-58(77)61(48,5-2)85-57(76)44-16-10-9-15-40(44)34-70(3)60(79)84-36-39-18-20-41(21-19-39)65-54(73)50(17-11-12-24-62)67-55(74)51(31-38-13-7-6-8-14-38)68-59(78)82-30-29-81-28-27-80-26-25-64-69-63/h6-10,13-16,18-23,32-33,50-51,72H,4-5,11-12,17,24-31,34-37,62H2,1-3H3,(H,65,73)(H,67,74)(H,68,78)/t50-,51-,61-/m0/s1. The highest BCUT2D eigenvalue weighted by Gasteiger charge is 2.51. The summed E-state index contributed by atoms with van der Waals surface area (Å²) in [6.45, 7) is 4.49. The van der Waals surface area contributed by atoms with E-state index in [9.17, 15) is 38.7 Å². The molecule has 2 aliphatic rings. The molecule has 0 aliphatic carbocycles. The Hall–Kier alpha value is -9.35. The zero-order valence-electron chi connectivity index (χ0n) is 47.5. The smallest absolute Gasteiger partial charge is 0.410 e. The first-order valence-electron chi connectivity index (χ1n) is 28.0. The third-order valence-corrected chi connectivity index (χ3v) is 14.6. The molecular formula is C61H68N10O14. The molecule has 0 spiro atoms. The van der Waals surface area contributed by atoms with Crippen LogP contribution in [0.15, 0.2) is 113 Å². The number of esters is 2. The second-order valence-corrected chi connectivity index (χ2v) is 20.2. The molecule has 0 bridgehead atoms. The van der Waals surface area contributed by atoms with Crippen molar-refractivity contribution in [1.29, 1.82) is 0 Å². The van der Waals surface area contributed by atoms with Crippen LogP contribution in [0.3, 0.4) is 0 Å². The molecule has 4 heterocycles. The number of aromatic hydroxyl groups is 1. The van der Waals surface area contributed by atoms with Crippen molar-refractivity contribution in [3.8, 4) is 17.1 Å². The number of nitrogens with one attached hydrogen (secondary N) is 3. The Morgan fingerprint density at radius 3 is 2.34 bits per heavy atom. The highest BCUT2D eigenvalue weighted by Crippen LogP contribution is 2.43. The van der Waals surface area contributed by atoms with E-state index in [1.165, 1.54) is 18.0 Å². The molecule has 0 saturated carbocycles. The zero-order valence-corrected chi connectivity index (χ0v) is 47.5. The number of fused-ring (bicyclic) bond motifs is 5. The summed E-state index contributed by atoms with van der Waals surface area (Å²) in [7, 11) is 1.49. The highest BCUT2D eigenvalue weighted by atomic mass is 16.6. The maximum Gasteiger partial charge on any atom is 0.410 e. The van der Waals surface area contributed by atoms with Crippen LogP contribution in [-0.4, -0.2) is 121 Å². The minimum atomic E-state index is -2.01. The minimum absolute atomic E-state index is 0.0589. The average Bonchev–Trinajstić information content (AvgIpc) is 1.72. The number of rotatable bonds is 28. The van der Waals surface area contributed by atoms with Crippen LogP contribution in [0.2, 0.25) is 0 Å². The number of azide groups is 1. The van der Waals surface area contributed by atoms with Crippen molar-refractivity contribution in [2.75, 3.05) is 58.5 Å². The SMILES string of the molecule is CCc1c2c(nc3ccc(O)cc13)-c1cc3c(c(=O)n1C2)COC(=O)[C@@]3(CC)OC(=O)c1ccccc1CN(C)C(=O)OCc1ccc(NC(=O)[C@H](CCCCN)NC(=O)[C@H](Cc2ccccc2)NC(=O)OCCOCCOCCN=[N+]=[N-])cc1. The molecule has 8 rings (SSSR count). The number of amides is 4. The topological polar surface area (TPSA) is 327 Å². The lowest BCUT2D eigenvalue weighted by Gasteiger charge is -2.35. The van der Waals surface area contributed by atoms with Gasteiger partial charge in [0.1, 0.15) is 37.7 Å². The second kappa shape index (κ2) is 29.3. The van der Waals surface area contributed by atoms with Crippen molar-refractivity contribution in [2.24, 2.45) is 10.8 Å². The number of carbonyl (C=O) groups is 6. The number of hydrogen-bond donors (Lipinski definition) is 5. The predicted molar refractivity (Wildman–Crippen MR) is 311 cm³/mol. The number of nitrogens with two attached hydrogens (primary N) is 1. The number of carbonyl (C=O) groups excluding carboxylic acids is 6. The Labute approximate surface area is 489 Å². The lowest BCUT2D eigenvalue weighted by atomic mass is 9.85. The number of ether oxygens (including phenoxy) is 6. The number of nitrogens with zero attached hydrogens (tertiary/aromatic N) is 6. The number of phenols is 1. The van der Waals surface area contributed by atoms with Crippen molar-refractivity contribution >= 4 is 52.5 Å². The van der Waals surface area contributed by atoms with Crippen LogP contribution in [-0.2, 0) is 87.6 Å². The van der Waals surface area contributed by atoms with Gasteiger partial charge >= 0.3 is 24.1 Å². The Kier molecular flexibility index (Phi) is 21.2. The lowest BCUT2D eigenvalue weighted by Crippen LogP contribution is -2.53. The molecular weight excluding hydrogens is 1100 g/mol. The number of unbranched alkanes of at least 4 members (excludes halogenated alkanes) is 1. The minimum Gasteiger partial charge on any atom is -0.508 e. The number of pyridine rings is 2. The van der Waals surface area contributed by atoms with Crippen LogP contribution < -0.4 is 27.2 Å². The van der Waals surface area contributed by atoms with Crippen molar-refractivity contribution in [2.45, 2.75) is 96.4 Å². The van der Waals surface area contributed by atoms with Crippen LogP contribution in [0.25, 0.3) is 32.7 Å². The van der Waals surface area contributed by atoms with Gasteiger partial charge in [0, 0.05) is 53.7 Å². The number of aromatic nitrogens is 2. The van der Waals surface area contributed by atoms with Crippen LogP contribution in [0.5, 0.6) is 5.75 Å². The summed E-state index contributed by atoms with van der Waals surface area (Å²) in [4.78, 5) is 106. The van der Waals surface area contributed by atoms with Gasteiger partial charge in [-0.05, 0) is 109 Å². The number of benzene rings is 4. The Morgan fingerprint density at radius 2 is 1.60 bits per heavy atom. The fourth-order valence-corrected chi connectivity index (χ4v) is 10.2. The first-order chi connectivity index (χ1) is 41.2. The van der Waals surface area contributed by atoms with Crippen molar-refractivity contribution in [3.05, 3.63) is 168 Å². The fraction of sp³-hybridized carbons (Fsp3) is 0.377. The molecule has 85 heavy (non-hydrogen) atoms. The summed E-state index contributed by atoms with van der Waals surface area (Å²) in [5, 5.41) is 22.7. The number of aryl methyl sites for hydroxylation is 1. The van der Waals surface area contributed by atoms with Gasteiger partial charge in [0.05, 0.1) is 61.0 Å². The average molecular weight is 1170 g/mol. The summed E-state index contributed by atoms with van der Waals surface area (Å²) >= 11 is 0. The van der Waals surface area contributed by atoms with E-state index in [0.29, 0.717) is 59.5 Å². The fourth-order valence-electron chi connectivity index (χ4n) is 10.2. The number of cyclic esters (lactones) is 1. The second-order valence-electron chi connectivity index (χ2n) is 20.2. The summed E-state index contributed by atoms with van der Waals surface area (Å²) in [6.07, 6.45) is 0.368. The molecule has 3 atom stereocenters. The number of phenolic OH excluding ortho intramolecular Hbond substituents is 1. The van der Waals surface area contributed by atoms with Gasteiger partial charge in [0.25, 0.3) is 5.56 Å². The molecule has 24 heteroatoms. The molecule has 4 aromatic carbocycles. The van der Waals surface area contributed by atoms with Gasteiger partial charge < -0.3 is 64.7 Å². The maximum atomic E-state index is 14.4. The van der Waals surface area contributed by atoms with E-state index in [-0.39, 0.29) is 108 Å². The summed E-state index contributed by atoms with van der Waals surface area (Å²) in [5.41, 5.74) is 17.6. The Bertz CT molecular complexity index is 3520. The normalized spacial score (nSPS) is 14.5. The number of hydrogen-bond acceptors (Lipinski definition) is 17. The van der Waals surface area contributed by atoms with Crippen LogP contribution in [0.4, 0.5) is 15.3 Å². The van der Waals surface area contributed by atoms with E-state index in [1.54, 1.807) is 102 Å². The number of alkyl carbamates (subject to hydrolysis) is 1. The molecule has 0 unspecified atom stereocenters. The molecule has 24 nitrogen and oxygen atoms in total. The van der Waals surface area contributed by atoms with Crippen molar-refractivity contribution < 1.29 is 62.3 Å². The van der Waals surface area contributed by atoms with Gasteiger partial charge in [0.2, 0.25) is 17.4 Å². The molecule has 6 N–H and O–H groups in total. The largest absolute Gasteiger partial charge is 0.508 e. The molecule has 0 radical (unpaired) electrons. The summed E-state index contributed by atoms with van der Waals surface area (Å²) in [6, 6.07) is 26.5. The van der Waals surface area contributed by atoms with Gasteiger partial charge in [-0.3, -0.25) is 14.4 Å². The monoisotopic (exact) mass is 1160 g/mol. The van der Waals surface area contributed by atoms with Crippen molar-refractivity contribution in [1.82, 2.24) is 25.1 Å². The molecule has 2 aromatic heterocycles. The Morgan fingerprint density at radius 1 is 0.859 bits per heavy atom. The van der Waals surface area contributed by atoms with Crippen molar-refractivity contribution in [3.63, 3.8) is 0 Å². The van der Waals surface area contributed by atoms with Gasteiger partial charge in [-0.2, -0.15) is 0 Å². The maximum absolute atomic E-state index is 14.4. The van der Waals surface area contributed by atoms with Crippen LogP contribution in [0.1, 0.15) is 88.8 Å².